The minimum atomic E-state index is 0.316. The molecule has 3 unspecified atom stereocenters. The van der Waals surface area contributed by atoms with Crippen LogP contribution in [0.1, 0.15) is 31.9 Å². The molecule has 0 aliphatic carbocycles. The molecule has 1 aliphatic rings. The summed E-state index contributed by atoms with van der Waals surface area (Å²) in [5, 5.41) is 6.30. The van der Waals surface area contributed by atoms with E-state index < -0.39 is 0 Å². The fourth-order valence-electron chi connectivity index (χ4n) is 3.45. The van der Waals surface area contributed by atoms with E-state index in [2.05, 4.69) is 71.5 Å². The number of halogens is 1. The van der Waals surface area contributed by atoms with Gasteiger partial charge in [0, 0.05) is 23.0 Å². The van der Waals surface area contributed by atoms with Gasteiger partial charge < -0.3 is 10.1 Å². The summed E-state index contributed by atoms with van der Waals surface area (Å²) in [4.78, 5) is 0. The van der Waals surface area contributed by atoms with Gasteiger partial charge in [0.05, 0.1) is 6.10 Å². The Morgan fingerprint density at radius 1 is 1.24 bits per heavy atom. The van der Waals surface area contributed by atoms with E-state index >= 15 is 0 Å². The van der Waals surface area contributed by atoms with E-state index in [4.69, 9.17) is 4.74 Å². The lowest BCUT2D eigenvalue weighted by molar-refractivity contribution is 0.0957. The van der Waals surface area contributed by atoms with Crippen LogP contribution in [0, 0.1) is 5.92 Å². The fourth-order valence-corrected chi connectivity index (χ4v) is 3.93. The van der Waals surface area contributed by atoms with Crippen LogP contribution in [-0.4, -0.2) is 19.3 Å². The molecule has 112 valence electrons. The topological polar surface area (TPSA) is 21.3 Å². The highest BCUT2D eigenvalue weighted by molar-refractivity contribution is 9.10. The summed E-state index contributed by atoms with van der Waals surface area (Å²) in [6.07, 6.45) is 1.44. The third-order valence-electron chi connectivity index (χ3n) is 4.53. The Labute approximate surface area is 135 Å². The first-order valence-electron chi connectivity index (χ1n) is 7.74. The lowest BCUT2D eigenvalue weighted by Gasteiger charge is -2.28. The molecule has 3 atom stereocenters. The molecule has 0 amide bonds. The van der Waals surface area contributed by atoms with Gasteiger partial charge >= 0.3 is 0 Å². The summed E-state index contributed by atoms with van der Waals surface area (Å²) < 4.78 is 6.96. The standard InChI is InChI=1S/C18H22BrNO/c1-3-20-18(13-10-11-21-12(13)2)16-8-9-17(19)15-7-5-4-6-14(15)16/h4-9,12-13,18,20H,3,10-11H2,1-2H3. The highest BCUT2D eigenvalue weighted by atomic mass is 79.9. The molecule has 1 N–H and O–H groups in total. The number of fused-ring (bicyclic) bond motifs is 1. The molecule has 0 radical (unpaired) electrons. The van der Waals surface area contributed by atoms with Gasteiger partial charge in [-0.15, -0.1) is 0 Å². The van der Waals surface area contributed by atoms with Crippen molar-refractivity contribution < 1.29 is 4.74 Å². The molecule has 2 aromatic rings. The quantitative estimate of drug-likeness (QED) is 0.866. The summed E-state index contributed by atoms with van der Waals surface area (Å²) in [7, 11) is 0. The molecule has 2 nitrogen and oxygen atoms in total. The second kappa shape index (κ2) is 6.47. The van der Waals surface area contributed by atoms with Crippen LogP contribution in [0.2, 0.25) is 0 Å². The van der Waals surface area contributed by atoms with Gasteiger partial charge in [-0.1, -0.05) is 53.2 Å². The zero-order chi connectivity index (χ0) is 14.8. The Bertz CT molecular complexity index is 628. The maximum Gasteiger partial charge on any atom is 0.0594 e. The van der Waals surface area contributed by atoms with Crippen LogP contribution < -0.4 is 5.32 Å². The van der Waals surface area contributed by atoms with Gasteiger partial charge in [0.1, 0.15) is 0 Å². The molecular formula is C18H22BrNO. The lowest BCUT2D eigenvalue weighted by atomic mass is 9.86. The largest absolute Gasteiger partial charge is 0.378 e. The number of hydrogen-bond acceptors (Lipinski definition) is 2. The van der Waals surface area contributed by atoms with Crippen molar-refractivity contribution in [1.82, 2.24) is 5.32 Å². The normalized spacial score (nSPS) is 23.6. The highest BCUT2D eigenvalue weighted by Gasteiger charge is 2.33. The van der Waals surface area contributed by atoms with E-state index in [0.717, 1.165) is 24.0 Å². The highest BCUT2D eigenvalue weighted by Crippen LogP contribution is 2.38. The first-order chi connectivity index (χ1) is 10.2. The minimum absolute atomic E-state index is 0.316. The Hall–Kier alpha value is -0.900. The average Bonchev–Trinajstić information content (AvgIpc) is 2.92. The van der Waals surface area contributed by atoms with Crippen LogP contribution in [0.4, 0.5) is 0 Å². The van der Waals surface area contributed by atoms with Crippen LogP contribution in [-0.2, 0) is 4.74 Å². The van der Waals surface area contributed by atoms with Crippen LogP contribution in [0.25, 0.3) is 10.8 Å². The van der Waals surface area contributed by atoms with Crippen molar-refractivity contribution in [2.24, 2.45) is 5.92 Å². The van der Waals surface area contributed by atoms with Crippen LogP contribution >= 0.6 is 15.9 Å². The first-order valence-corrected chi connectivity index (χ1v) is 8.53. The Morgan fingerprint density at radius 2 is 2.00 bits per heavy atom. The molecule has 0 aromatic heterocycles. The molecular weight excluding hydrogens is 326 g/mol. The number of hydrogen-bond donors (Lipinski definition) is 1. The summed E-state index contributed by atoms with van der Waals surface area (Å²) in [5.41, 5.74) is 1.39. The van der Waals surface area contributed by atoms with E-state index in [0.29, 0.717) is 18.1 Å². The van der Waals surface area contributed by atoms with Gasteiger partial charge in [-0.05, 0) is 42.3 Å². The van der Waals surface area contributed by atoms with Crippen LogP contribution in [0.15, 0.2) is 40.9 Å². The van der Waals surface area contributed by atoms with Gasteiger partial charge in [-0.25, -0.2) is 0 Å². The molecule has 3 heteroatoms. The molecule has 0 saturated carbocycles. The van der Waals surface area contributed by atoms with Crippen molar-refractivity contribution in [2.75, 3.05) is 13.2 Å². The van der Waals surface area contributed by atoms with Crippen molar-refractivity contribution >= 4 is 26.7 Å². The summed E-state index contributed by atoms with van der Waals surface area (Å²) in [6, 6.07) is 13.4. The Kier molecular flexibility index (Phi) is 4.63. The number of benzene rings is 2. The molecule has 21 heavy (non-hydrogen) atoms. The van der Waals surface area contributed by atoms with Gasteiger partial charge in [0.15, 0.2) is 0 Å². The monoisotopic (exact) mass is 347 g/mol. The van der Waals surface area contributed by atoms with Gasteiger partial charge in [0.2, 0.25) is 0 Å². The molecule has 2 aromatic carbocycles. The Morgan fingerprint density at radius 3 is 2.67 bits per heavy atom. The lowest BCUT2D eigenvalue weighted by Crippen LogP contribution is -2.32. The van der Waals surface area contributed by atoms with Crippen molar-refractivity contribution in [3.8, 4) is 0 Å². The van der Waals surface area contributed by atoms with Crippen LogP contribution in [0.3, 0.4) is 0 Å². The second-order valence-electron chi connectivity index (χ2n) is 5.75. The van der Waals surface area contributed by atoms with Gasteiger partial charge in [-0.2, -0.15) is 0 Å². The van der Waals surface area contributed by atoms with Crippen molar-refractivity contribution in [3.05, 3.63) is 46.4 Å². The summed E-state index contributed by atoms with van der Waals surface area (Å²) in [5.74, 6) is 0.537. The predicted octanol–water partition coefficient (Wildman–Crippen LogP) is 4.68. The third-order valence-corrected chi connectivity index (χ3v) is 5.22. The Balaban J connectivity index is 2.09. The first kappa shape index (κ1) is 15.0. The van der Waals surface area contributed by atoms with E-state index in [1.54, 1.807) is 0 Å². The number of rotatable bonds is 4. The maximum absolute atomic E-state index is 5.80. The predicted molar refractivity (Wildman–Crippen MR) is 91.6 cm³/mol. The fraction of sp³-hybridized carbons (Fsp3) is 0.444. The van der Waals surface area contributed by atoms with E-state index in [9.17, 15) is 0 Å². The summed E-state index contributed by atoms with van der Waals surface area (Å²) >= 11 is 3.67. The van der Waals surface area contributed by atoms with Gasteiger partial charge in [0.25, 0.3) is 0 Å². The van der Waals surface area contributed by atoms with E-state index in [1.165, 1.54) is 16.3 Å². The molecule has 0 spiro atoms. The van der Waals surface area contributed by atoms with Crippen molar-refractivity contribution in [1.29, 1.82) is 0 Å². The van der Waals surface area contributed by atoms with Crippen molar-refractivity contribution in [2.45, 2.75) is 32.4 Å². The zero-order valence-corrected chi connectivity index (χ0v) is 14.2. The summed E-state index contributed by atoms with van der Waals surface area (Å²) in [6.45, 7) is 6.22. The van der Waals surface area contributed by atoms with Crippen molar-refractivity contribution in [3.63, 3.8) is 0 Å². The molecule has 1 heterocycles. The molecule has 3 rings (SSSR count). The number of ether oxygens (including phenoxy) is 1. The van der Waals surface area contributed by atoms with E-state index in [-0.39, 0.29) is 0 Å². The maximum atomic E-state index is 5.80. The molecule has 1 saturated heterocycles. The van der Waals surface area contributed by atoms with Gasteiger partial charge in [-0.3, -0.25) is 0 Å². The molecule has 0 bridgehead atoms. The zero-order valence-electron chi connectivity index (χ0n) is 12.6. The third kappa shape index (κ3) is 2.87. The average molecular weight is 348 g/mol. The SMILES string of the molecule is CCNC(c1ccc(Br)c2ccccc12)C1CCOC1C. The smallest absolute Gasteiger partial charge is 0.0594 e. The molecule has 1 aliphatic heterocycles. The van der Waals surface area contributed by atoms with E-state index in [1.807, 2.05) is 0 Å². The molecule has 1 fully saturated rings. The second-order valence-corrected chi connectivity index (χ2v) is 6.60. The number of nitrogens with one attached hydrogen (secondary N) is 1. The van der Waals surface area contributed by atoms with Crippen LogP contribution in [0.5, 0.6) is 0 Å². The minimum Gasteiger partial charge on any atom is -0.378 e.